The van der Waals surface area contributed by atoms with Gasteiger partial charge in [-0.3, -0.25) is 4.90 Å². The zero-order chi connectivity index (χ0) is 17.7. The van der Waals surface area contributed by atoms with Crippen molar-refractivity contribution in [2.75, 3.05) is 60.2 Å². The van der Waals surface area contributed by atoms with E-state index in [2.05, 4.69) is 41.7 Å². The number of hydrogen-bond acceptors (Lipinski definition) is 8. The molecule has 140 valence electrons. The topological polar surface area (TPSA) is 104 Å². The molecule has 0 saturated heterocycles. The van der Waals surface area contributed by atoms with E-state index < -0.39 is 0 Å². The summed E-state index contributed by atoms with van der Waals surface area (Å²) in [4.78, 5) is 4.31. The lowest BCUT2D eigenvalue weighted by molar-refractivity contribution is -0.0909. The first-order valence-corrected chi connectivity index (χ1v) is 8.56. The summed E-state index contributed by atoms with van der Waals surface area (Å²) >= 11 is 0. The van der Waals surface area contributed by atoms with Crippen molar-refractivity contribution in [2.24, 2.45) is 11.5 Å². The monoisotopic (exact) mass is 333 g/mol. The van der Waals surface area contributed by atoms with Crippen LogP contribution < -0.4 is 27.4 Å². The van der Waals surface area contributed by atoms with E-state index in [1.807, 2.05) is 18.9 Å². The second kappa shape index (κ2) is 14.1. The summed E-state index contributed by atoms with van der Waals surface area (Å²) < 4.78 is 6.06. The summed E-state index contributed by atoms with van der Waals surface area (Å²) in [6.07, 6.45) is 0.0378. The molecule has 0 amide bonds. The van der Waals surface area contributed by atoms with Crippen molar-refractivity contribution in [1.82, 2.24) is 25.8 Å². The Hall–Kier alpha value is -0.320. The average molecular weight is 334 g/mol. The Morgan fingerprint density at radius 3 is 2.48 bits per heavy atom. The molecule has 1 unspecified atom stereocenters. The maximum Gasteiger partial charge on any atom is 0.110 e. The highest BCUT2D eigenvalue weighted by Crippen LogP contribution is 2.04. The van der Waals surface area contributed by atoms with Gasteiger partial charge in [0.1, 0.15) is 6.23 Å². The second-order valence-corrected chi connectivity index (χ2v) is 5.94. The Morgan fingerprint density at radius 2 is 1.91 bits per heavy atom. The van der Waals surface area contributed by atoms with E-state index in [0.717, 1.165) is 26.2 Å². The van der Waals surface area contributed by atoms with Gasteiger partial charge < -0.3 is 37.1 Å². The van der Waals surface area contributed by atoms with Crippen molar-refractivity contribution in [3.63, 3.8) is 0 Å². The van der Waals surface area contributed by atoms with Crippen LogP contribution in [0.1, 0.15) is 20.8 Å². The molecule has 7 N–H and O–H groups in total. The van der Waals surface area contributed by atoms with Gasteiger partial charge >= 0.3 is 0 Å². The minimum atomic E-state index is -0.0600. The van der Waals surface area contributed by atoms with E-state index >= 15 is 0 Å². The second-order valence-electron chi connectivity index (χ2n) is 5.94. The molecule has 0 bridgehead atoms. The summed E-state index contributed by atoms with van der Waals surface area (Å²) in [5.74, 6) is 0. The fraction of sp³-hybridized carbons (Fsp3) is 1.00. The number of hydrogen-bond donors (Lipinski definition) is 5. The zero-order valence-electron chi connectivity index (χ0n) is 15.6. The van der Waals surface area contributed by atoms with Crippen LogP contribution >= 0.6 is 0 Å². The summed E-state index contributed by atoms with van der Waals surface area (Å²) in [6, 6.07) is 0. The van der Waals surface area contributed by atoms with Gasteiger partial charge in [0, 0.05) is 32.8 Å². The molecular weight excluding hydrogens is 294 g/mol. The third kappa shape index (κ3) is 11.8. The number of nitrogens with zero attached hydrogens (tertiary/aromatic N) is 2. The van der Waals surface area contributed by atoms with Crippen molar-refractivity contribution in [1.29, 1.82) is 0 Å². The summed E-state index contributed by atoms with van der Waals surface area (Å²) in [7, 11) is 3.95. The molecule has 0 aliphatic rings. The minimum Gasteiger partial charge on any atom is -0.359 e. The first kappa shape index (κ1) is 22.7. The van der Waals surface area contributed by atoms with Crippen LogP contribution in [0.4, 0.5) is 0 Å². The molecule has 0 aliphatic carbocycles. The SMILES string of the molecule is CCNCCN(C)C[C@H](C)O[C@H](C)N(CN)CNCC(N)NC. The lowest BCUT2D eigenvalue weighted by atomic mass is 10.3. The summed E-state index contributed by atoms with van der Waals surface area (Å²) in [5.41, 5.74) is 11.6. The molecule has 0 fully saturated rings. The molecular formula is C15H39N7O. The van der Waals surface area contributed by atoms with Crippen molar-refractivity contribution >= 4 is 0 Å². The molecule has 8 nitrogen and oxygen atoms in total. The first-order chi connectivity index (χ1) is 10.9. The highest BCUT2D eigenvalue weighted by atomic mass is 16.5. The van der Waals surface area contributed by atoms with Gasteiger partial charge in [-0.1, -0.05) is 6.92 Å². The van der Waals surface area contributed by atoms with Crippen LogP contribution in [-0.4, -0.2) is 88.5 Å². The van der Waals surface area contributed by atoms with Crippen molar-refractivity contribution in [2.45, 2.75) is 39.3 Å². The normalized spacial score (nSPS) is 16.0. The molecule has 0 radical (unpaired) electrons. The largest absolute Gasteiger partial charge is 0.359 e. The number of nitrogens with two attached hydrogens (primary N) is 2. The van der Waals surface area contributed by atoms with E-state index in [1.54, 1.807) is 0 Å². The number of likely N-dealkylation sites (N-methyl/N-ethyl adjacent to an activating group) is 3. The van der Waals surface area contributed by atoms with Gasteiger partial charge in [-0.05, 0) is 34.5 Å². The average Bonchev–Trinajstić information content (AvgIpc) is 2.51. The smallest absolute Gasteiger partial charge is 0.110 e. The Balaban J connectivity index is 4.02. The molecule has 0 heterocycles. The van der Waals surface area contributed by atoms with Crippen LogP contribution in [0.5, 0.6) is 0 Å². The van der Waals surface area contributed by atoms with Gasteiger partial charge in [0.25, 0.3) is 0 Å². The number of ether oxygens (including phenoxy) is 1. The molecule has 3 atom stereocenters. The fourth-order valence-corrected chi connectivity index (χ4v) is 2.25. The molecule has 0 rings (SSSR count). The predicted molar refractivity (Wildman–Crippen MR) is 96.8 cm³/mol. The highest BCUT2D eigenvalue weighted by Gasteiger charge is 2.16. The van der Waals surface area contributed by atoms with E-state index in [4.69, 9.17) is 16.2 Å². The number of nitrogens with one attached hydrogen (secondary N) is 3. The van der Waals surface area contributed by atoms with E-state index in [0.29, 0.717) is 19.9 Å². The van der Waals surface area contributed by atoms with E-state index in [-0.39, 0.29) is 18.5 Å². The third-order valence-electron chi connectivity index (χ3n) is 3.72. The first-order valence-electron chi connectivity index (χ1n) is 8.56. The molecule has 0 aliphatic heterocycles. The molecule has 0 aromatic carbocycles. The summed E-state index contributed by atoms with van der Waals surface area (Å²) in [6.45, 7) is 11.9. The molecule has 0 spiro atoms. The minimum absolute atomic E-state index is 0.0459. The molecule has 8 heteroatoms. The van der Waals surface area contributed by atoms with Crippen LogP contribution in [0, 0.1) is 0 Å². The van der Waals surface area contributed by atoms with Crippen molar-refractivity contribution < 1.29 is 4.74 Å². The third-order valence-corrected chi connectivity index (χ3v) is 3.72. The maximum atomic E-state index is 6.06. The predicted octanol–water partition coefficient (Wildman–Crippen LogP) is -1.45. The maximum absolute atomic E-state index is 6.06. The standard InChI is InChI=1S/C15H39N7O/c1-6-19-7-8-21(5)10-13(2)23-14(3)22(11-16)12-20-9-15(17)18-4/h13-15,18-20H,6-12,16-17H2,1-5H3/t13-,14+,15?/m0/s1. The van der Waals surface area contributed by atoms with Crippen LogP contribution in [-0.2, 0) is 4.74 Å². The summed E-state index contributed by atoms with van der Waals surface area (Å²) in [5, 5.41) is 9.59. The van der Waals surface area contributed by atoms with E-state index in [9.17, 15) is 0 Å². The van der Waals surface area contributed by atoms with Crippen molar-refractivity contribution in [3.05, 3.63) is 0 Å². The fourth-order valence-electron chi connectivity index (χ4n) is 2.25. The number of rotatable bonds is 15. The van der Waals surface area contributed by atoms with Gasteiger partial charge in [0.05, 0.1) is 18.9 Å². The van der Waals surface area contributed by atoms with Crippen LogP contribution in [0.2, 0.25) is 0 Å². The lowest BCUT2D eigenvalue weighted by Gasteiger charge is -2.31. The van der Waals surface area contributed by atoms with Crippen LogP contribution in [0.25, 0.3) is 0 Å². The molecule has 0 aromatic rings. The van der Waals surface area contributed by atoms with Crippen LogP contribution in [0.15, 0.2) is 0 Å². The van der Waals surface area contributed by atoms with Gasteiger partial charge in [-0.2, -0.15) is 0 Å². The lowest BCUT2D eigenvalue weighted by Crippen LogP contribution is -2.50. The quantitative estimate of drug-likeness (QED) is 0.183. The zero-order valence-corrected chi connectivity index (χ0v) is 15.6. The molecule has 0 saturated carbocycles. The molecule has 0 aromatic heterocycles. The van der Waals surface area contributed by atoms with Crippen molar-refractivity contribution in [3.8, 4) is 0 Å². The van der Waals surface area contributed by atoms with E-state index in [1.165, 1.54) is 0 Å². The Bertz CT molecular complexity index is 270. The highest BCUT2D eigenvalue weighted by molar-refractivity contribution is 4.65. The van der Waals surface area contributed by atoms with Gasteiger partial charge in [0.2, 0.25) is 0 Å². The van der Waals surface area contributed by atoms with Gasteiger partial charge in [-0.15, -0.1) is 0 Å². The van der Waals surface area contributed by atoms with Gasteiger partial charge in [-0.25, -0.2) is 0 Å². The Kier molecular flexibility index (Phi) is 13.9. The molecule has 23 heavy (non-hydrogen) atoms. The Morgan fingerprint density at radius 1 is 1.22 bits per heavy atom. The van der Waals surface area contributed by atoms with Gasteiger partial charge in [0.15, 0.2) is 0 Å². The van der Waals surface area contributed by atoms with Crippen LogP contribution in [0.3, 0.4) is 0 Å². The Labute approximate surface area is 142 Å².